The zero-order valence-electron chi connectivity index (χ0n) is 12.3. The maximum Gasteiger partial charge on any atom is 0.250 e. The number of hydrogen-bond donors (Lipinski definition) is 2. The third kappa shape index (κ3) is 5.88. The summed E-state index contributed by atoms with van der Waals surface area (Å²) in [4.78, 5) is 0. The van der Waals surface area contributed by atoms with Crippen molar-refractivity contribution in [1.82, 2.24) is 10.0 Å². The molecular formula is C13H24N2O3S2. The van der Waals surface area contributed by atoms with Gasteiger partial charge in [-0.05, 0) is 43.3 Å². The number of nitrogens with one attached hydrogen (secondary N) is 2. The molecule has 0 amide bonds. The normalized spacial score (nSPS) is 13.6. The SMILES string of the molecule is CCCNCc1csc(S(=O)(=O)NC(C)CCOC)c1. The van der Waals surface area contributed by atoms with Crippen LogP contribution in [0.25, 0.3) is 0 Å². The lowest BCUT2D eigenvalue weighted by Gasteiger charge is -2.12. The fourth-order valence-corrected chi connectivity index (χ4v) is 4.18. The number of methoxy groups -OCH3 is 1. The van der Waals surface area contributed by atoms with E-state index < -0.39 is 10.0 Å². The minimum atomic E-state index is -3.41. The molecule has 5 nitrogen and oxygen atoms in total. The van der Waals surface area contributed by atoms with Crippen LogP contribution in [0, 0.1) is 0 Å². The van der Waals surface area contributed by atoms with Crippen molar-refractivity contribution in [2.24, 2.45) is 0 Å². The minimum absolute atomic E-state index is 0.135. The average molecular weight is 320 g/mol. The molecular weight excluding hydrogens is 296 g/mol. The van der Waals surface area contributed by atoms with Gasteiger partial charge in [0.15, 0.2) is 0 Å². The molecule has 1 rings (SSSR count). The molecule has 0 aliphatic carbocycles. The van der Waals surface area contributed by atoms with Crippen LogP contribution in [0.2, 0.25) is 0 Å². The molecule has 1 atom stereocenters. The fraction of sp³-hybridized carbons (Fsp3) is 0.692. The largest absolute Gasteiger partial charge is 0.385 e. The molecule has 0 aliphatic heterocycles. The number of thiophene rings is 1. The van der Waals surface area contributed by atoms with E-state index in [0.29, 0.717) is 23.8 Å². The number of ether oxygens (including phenoxy) is 1. The van der Waals surface area contributed by atoms with E-state index in [0.717, 1.165) is 18.5 Å². The molecule has 1 aromatic rings. The van der Waals surface area contributed by atoms with Crippen LogP contribution in [0.1, 0.15) is 32.3 Å². The summed E-state index contributed by atoms with van der Waals surface area (Å²) in [5, 5.41) is 5.15. The van der Waals surface area contributed by atoms with Gasteiger partial charge in [0.05, 0.1) is 0 Å². The Kier molecular flexibility index (Phi) is 7.68. The molecule has 0 saturated carbocycles. The molecule has 0 aromatic carbocycles. The van der Waals surface area contributed by atoms with Crippen molar-refractivity contribution in [2.75, 3.05) is 20.3 Å². The van der Waals surface area contributed by atoms with Gasteiger partial charge in [-0.2, -0.15) is 0 Å². The molecule has 0 bridgehead atoms. The average Bonchev–Trinajstić information content (AvgIpc) is 2.86. The first-order valence-corrected chi connectivity index (χ1v) is 9.15. The highest BCUT2D eigenvalue weighted by atomic mass is 32.2. The van der Waals surface area contributed by atoms with Crippen LogP contribution in [-0.4, -0.2) is 34.7 Å². The summed E-state index contributed by atoms with van der Waals surface area (Å²) in [6.45, 7) is 6.12. The Labute approximate surface area is 125 Å². The summed E-state index contributed by atoms with van der Waals surface area (Å²) in [6.07, 6.45) is 1.72. The van der Waals surface area contributed by atoms with E-state index in [1.165, 1.54) is 11.3 Å². The maximum atomic E-state index is 12.2. The zero-order chi connectivity index (χ0) is 15.0. The van der Waals surface area contributed by atoms with Gasteiger partial charge in [0.2, 0.25) is 10.0 Å². The van der Waals surface area contributed by atoms with Crippen LogP contribution < -0.4 is 10.0 Å². The second-order valence-electron chi connectivity index (χ2n) is 4.75. The van der Waals surface area contributed by atoms with Crippen molar-refractivity contribution < 1.29 is 13.2 Å². The lowest BCUT2D eigenvalue weighted by molar-refractivity contribution is 0.188. The second kappa shape index (κ2) is 8.74. The first-order valence-electron chi connectivity index (χ1n) is 6.79. The third-order valence-corrected chi connectivity index (χ3v) is 5.84. The van der Waals surface area contributed by atoms with Gasteiger partial charge in [-0.15, -0.1) is 11.3 Å². The van der Waals surface area contributed by atoms with Crippen molar-refractivity contribution in [3.05, 3.63) is 17.0 Å². The third-order valence-electron chi connectivity index (χ3n) is 2.76. The topological polar surface area (TPSA) is 67.4 Å². The number of sulfonamides is 1. The lowest BCUT2D eigenvalue weighted by atomic mass is 10.3. The summed E-state index contributed by atoms with van der Waals surface area (Å²) in [6, 6.07) is 1.60. The van der Waals surface area contributed by atoms with Crippen LogP contribution in [0.3, 0.4) is 0 Å². The van der Waals surface area contributed by atoms with Crippen molar-refractivity contribution in [3.63, 3.8) is 0 Å². The van der Waals surface area contributed by atoms with Gasteiger partial charge in [-0.25, -0.2) is 13.1 Å². The highest BCUT2D eigenvalue weighted by Gasteiger charge is 2.19. The zero-order valence-corrected chi connectivity index (χ0v) is 13.9. The highest BCUT2D eigenvalue weighted by molar-refractivity contribution is 7.91. The Balaban J connectivity index is 2.59. The molecule has 0 saturated heterocycles. The van der Waals surface area contributed by atoms with Gasteiger partial charge >= 0.3 is 0 Å². The Morgan fingerprint density at radius 3 is 2.85 bits per heavy atom. The van der Waals surface area contributed by atoms with E-state index in [1.54, 1.807) is 13.2 Å². The van der Waals surface area contributed by atoms with Crippen molar-refractivity contribution >= 4 is 21.4 Å². The van der Waals surface area contributed by atoms with Crippen LogP contribution in [0.4, 0.5) is 0 Å². The molecule has 7 heteroatoms. The molecule has 20 heavy (non-hydrogen) atoms. The quantitative estimate of drug-likeness (QED) is 0.647. The van der Waals surface area contributed by atoms with Gasteiger partial charge in [0, 0.05) is 26.3 Å². The summed E-state index contributed by atoms with van der Waals surface area (Å²) < 4.78 is 32.4. The van der Waals surface area contributed by atoms with E-state index in [9.17, 15) is 8.42 Å². The Morgan fingerprint density at radius 1 is 1.45 bits per heavy atom. The standard InChI is InChI=1S/C13H24N2O3S2/c1-4-6-14-9-12-8-13(19-10-12)20(16,17)15-11(2)5-7-18-3/h8,10-11,14-15H,4-7,9H2,1-3H3. The smallest absolute Gasteiger partial charge is 0.250 e. The second-order valence-corrected chi connectivity index (χ2v) is 7.61. The Hall–Kier alpha value is -0.470. The van der Waals surface area contributed by atoms with Crippen LogP contribution in [-0.2, 0) is 21.3 Å². The number of hydrogen-bond acceptors (Lipinski definition) is 5. The molecule has 0 fully saturated rings. The monoisotopic (exact) mass is 320 g/mol. The van der Waals surface area contributed by atoms with E-state index >= 15 is 0 Å². The van der Waals surface area contributed by atoms with Crippen LogP contribution in [0.15, 0.2) is 15.7 Å². The lowest BCUT2D eigenvalue weighted by Crippen LogP contribution is -2.32. The summed E-state index contributed by atoms with van der Waals surface area (Å²) in [5.41, 5.74) is 1.01. The van der Waals surface area contributed by atoms with Crippen molar-refractivity contribution in [3.8, 4) is 0 Å². The predicted octanol–water partition coefficient (Wildman–Crippen LogP) is 1.95. The Morgan fingerprint density at radius 2 is 2.20 bits per heavy atom. The van der Waals surface area contributed by atoms with E-state index in [-0.39, 0.29) is 6.04 Å². The maximum absolute atomic E-state index is 12.2. The van der Waals surface area contributed by atoms with Crippen molar-refractivity contribution in [1.29, 1.82) is 0 Å². The summed E-state index contributed by atoms with van der Waals surface area (Å²) in [5.74, 6) is 0. The molecule has 0 aliphatic rings. The van der Waals surface area contributed by atoms with Gasteiger partial charge < -0.3 is 10.1 Å². The minimum Gasteiger partial charge on any atom is -0.385 e. The molecule has 0 spiro atoms. The fourth-order valence-electron chi connectivity index (χ4n) is 1.67. The molecule has 1 unspecified atom stereocenters. The van der Waals surface area contributed by atoms with E-state index in [1.807, 2.05) is 12.3 Å². The van der Waals surface area contributed by atoms with Gasteiger partial charge in [0.1, 0.15) is 4.21 Å². The van der Waals surface area contributed by atoms with Gasteiger partial charge in [-0.1, -0.05) is 6.92 Å². The van der Waals surface area contributed by atoms with Crippen LogP contribution in [0.5, 0.6) is 0 Å². The van der Waals surface area contributed by atoms with E-state index in [4.69, 9.17) is 4.74 Å². The van der Waals surface area contributed by atoms with Crippen molar-refractivity contribution in [2.45, 2.75) is 43.5 Å². The molecule has 1 aromatic heterocycles. The van der Waals surface area contributed by atoms with E-state index in [2.05, 4.69) is 17.0 Å². The molecule has 116 valence electrons. The number of rotatable bonds is 10. The molecule has 0 radical (unpaired) electrons. The van der Waals surface area contributed by atoms with Crippen LogP contribution >= 0.6 is 11.3 Å². The first kappa shape index (κ1) is 17.6. The Bertz CT molecular complexity index is 486. The molecule has 1 heterocycles. The van der Waals surface area contributed by atoms with Gasteiger partial charge in [0.25, 0.3) is 0 Å². The first-order chi connectivity index (χ1) is 9.49. The predicted molar refractivity (Wildman–Crippen MR) is 82.6 cm³/mol. The summed E-state index contributed by atoms with van der Waals surface area (Å²) in [7, 11) is -1.81. The summed E-state index contributed by atoms with van der Waals surface area (Å²) >= 11 is 1.26. The molecule has 2 N–H and O–H groups in total. The van der Waals surface area contributed by atoms with Gasteiger partial charge in [-0.3, -0.25) is 0 Å². The highest BCUT2D eigenvalue weighted by Crippen LogP contribution is 2.20.